The number of amides is 1. The van der Waals surface area contributed by atoms with Crippen molar-refractivity contribution in [2.24, 2.45) is 11.3 Å². The molecule has 0 radical (unpaired) electrons. The van der Waals surface area contributed by atoms with Gasteiger partial charge >= 0.3 is 0 Å². The summed E-state index contributed by atoms with van der Waals surface area (Å²) in [4.78, 5) is 15.5. The van der Waals surface area contributed by atoms with Crippen LogP contribution >= 0.6 is 11.9 Å². The summed E-state index contributed by atoms with van der Waals surface area (Å²) in [7, 11) is 0. The molecule has 1 saturated carbocycles. The first kappa shape index (κ1) is 18.0. The molecule has 3 heterocycles. The molecule has 0 aromatic carbocycles. The van der Waals surface area contributed by atoms with Crippen molar-refractivity contribution in [3.8, 4) is 0 Å². The molecule has 1 amide bonds. The Hall–Kier alpha value is -1.08. The molecule has 0 bridgehead atoms. The third-order valence-electron chi connectivity index (χ3n) is 7.09. The molecule has 4 fully saturated rings. The van der Waals surface area contributed by atoms with Crippen molar-refractivity contribution in [3.05, 3.63) is 36.6 Å². The number of carbonyl (C=O) groups is 1. The number of hydrogen-bond acceptors (Lipinski definition) is 5. The second-order valence-corrected chi connectivity index (χ2v) is 9.83. The van der Waals surface area contributed by atoms with E-state index in [1.807, 2.05) is 17.0 Å². The maximum atomic E-state index is 13.0. The van der Waals surface area contributed by atoms with Crippen molar-refractivity contribution >= 4 is 17.9 Å². The zero-order valence-corrected chi connectivity index (χ0v) is 16.8. The molecule has 3 unspecified atom stereocenters. The summed E-state index contributed by atoms with van der Waals surface area (Å²) in [6, 6.07) is 0. The highest BCUT2D eigenvalue weighted by Crippen LogP contribution is 2.49. The molecule has 1 N–H and O–H groups in total. The molecule has 27 heavy (non-hydrogen) atoms. The number of piperazine rings is 1. The summed E-state index contributed by atoms with van der Waals surface area (Å²) in [5, 5.41) is 4.73. The summed E-state index contributed by atoms with van der Waals surface area (Å²) in [5.74, 6) is 0.817. The van der Waals surface area contributed by atoms with E-state index in [0.29, 0.717) is 23.8 Å². The molecule has 1 spiro atoms. The molecule has 146 valence electrons. The van der Waals surface area contributed by atoms with Crippen LogP contribution < -0.4 is 4.72 Å². The van der Waals surface area contributed by atoms with Crippen LogP contribution in [0.2, 0.25) is 0 Å². The van der Waals surface area contributed by atoms with Gasteiger partial charge in [-0.2, -0.15) is 0 Å². The van der Waals surface area contributed by atoms with Crippen LogP contribution in [0.1, 0.15) is 38.5 Å². The van der Waals surface area contributed by atoms with Crippen LogP contribution in [0.5, 0.6) is 0 Å². The van der Waals surface area contributed by atoms with Crippen molar-refractivity contribution in [2.75, 3.05) is 26.2 Å². The standard InChI is InChI=1S/C21H30N4OS/c1-16-14-21(8-4-5-9-21)15-19(26)25(16)24-12-10-23(11-13-24)20-17-6-2-3-7-18(17)27-22-20/h2-3,6-7,17-18,20,22H,1,4-5,8-15H2. The first-order chi connectivity index (χ1) is 13.2. The largest absolute Gasteiger partial charge is 0.284 e. The fourth-order valence-electron chi connectivity index (χ4n) is 5.72. The lowest BCUT2D eigenvalue weighted by Crippen LogP contribution is -2.60. The van der Waals surface area contributed by atoms with Gasteiger partial charge in [-0.15, -0.1) is 0 Å². The average molecular weight is 387 g/mol. The van der Waals surface area contributed by atoms with Crippen LogP contribution in [-0.4, -0.2) is 58.4 Å². The Balaban J connectivity index is 1.21. The normalized spacial score (nSPS) is 36.7. The van der Waals surface area contributed by atoms with Gasteiger partial charge in [0.2, 0.25) is 5.91 Å². The van der Waals surface area contributed by atoms with Crippen LogP contribution in [0.3, 0.4) is 0 Å². The molecular weight excluding hydrogens is 356 g/mol. The molecule has 3 saturated heterocycles. The first-order valence-electron chi connectivity index (χ1n) is 10.4. The number of fused-ring (bicyclic) bond motifs is 1. The minimum absolute atomic E-state index is 0.229. The van der Waals surface area contributed by atoms with E-state index in [1.54, 1.807) is 0 Å². The summed E-state index contributed by atoms with van der Waals surface area (Å²) in [5.41, 5.74) is 1.25. The van der Waals surface area contributed by atoms with Gasteiger partial charge in [0.1, 0.15) is 0 Å². The van der Waals surface area contributed by atoms with Gasteiger partial charge in [0.15, 0.2) is 0 Å². The van der Waals surface area contributed by atoms with E-state index in [-0.39, 0.29) is 11.3 Å². The summed E-state index contributed by atoms with van der Waals surface area (Å²) < 4.78 is 3.64. The zero-order valence-electron chi connectivity index (χ0n) is 16.0. The molecule has 5 aliphatic rings. The third-order valence-corrected chi connectivity index (χ3v) is 8.21. The van der Waals surface area contributed by atoms with E-state index in [4.69, 9.17) is 0 Å². The second-order valence-electron chi connectivity index (χ2n) is 8.81. The molecule has 3 atom stereocenters. The molecule has 5 nitrogen and oxygen atoms in total. The van der Waals surface area contributed by atoms with Crippen LogP contribution in [0.15, 0.2) is 36.6 Å². The number of carbonyl (C=O) groups excluding carboxylic acids is 1. The Morgan fingerprint density at radius 1 is 1.07 bits per heavy atom. The van der Waals surface area contributed by atoms with E-state index in [9.17, 15) is 4.79 Å². The van der Waals surface area contributed by atoms with Crippen LogP contribution in [-0.2, 0) is 4.79 Å². The van der Waals surface area contributed by atoms with Gasteiger partial charge in [-0.05, 0) is 24.7 Å². The van der Waals surface area contributed by atoms with Crippen LogP contribution in [0.4, 0.5) is 0 Å². The number of piperidine rings is 1. The van der Waals surface area contributed by atoms with Crippen molar-refractivity contribution in [1.82, 2.24) is 19.6 Å². The molecular formula is C21H30N4OS. The Kier molecular flexibility index (Phi) is 4.71. The number of hydrazine groups is 1. The lowest BCUT2D eigenvalue weighted by Gasteiger charge is -2.48. The van der Waals surface area contributed by atoms with E-state index in [1.165, 1.54) is 25.7 Å². The molecule has 5 rings (SSSR count). The number of rotatable bonds is 2. The van der Waals surface area contributed by atoms with Crippen LogP contribution in [0, 0.1) is 11.3 Å². The van der Waals surface area contributed by atoms with Crippen molar-refractivity contribution in [1.29, 1.82) is 0 Å². The average Bonchev–Trinajstić information content (AvgIpc) is 3.29. The van der Waals surface area contributed by atoms with Gasteiger partial charge in [0.05, 0.1) is 6.17 Å². The monoisotopic (exact) mass is 386 g/mol. The fourth-order valence-corrected chi connectivity index (χ4v) is 6.89. The Labute approximate surface area is 166 Å². The van der Waals surface area contributed by atoms with E-state index in [0.717, 1.165) is 38.3 Å². The van der Waals surface area contributed by atoms with Gasteiger partial charge < -0.3 is 0 Å². The van der Waals surface area contributed by atoms with Gasteiger partial charge in [-0.1, -0.05) is 55.7 Å². The lowest BCUT2D eigenvalue weighted by atomic mass is 9.76. The topological polar surface area (TPSA) is 38.8 Å². The smallest absolute Gasteiger partial charge is 0.241 e. The van der Waals surface area contributed by atoms with Gasteiger partial charge in [-0.3, -0.25) is 9.69 Å². The van der Waals surface area contributed by atoms with Gasteiger partial charge in [0.25, 0.3) is 0 Å². The minimum Gasteiger partial charge on any atom is -0.284 e. The van der Waals surface area contributed by atoms with Crippen LogP contribution in [0.25, 0.3) is 0 Å². The van der Waals surface area contributed by atoms with Crippen molar-refractivity contribution in [3.63, 3.8) is 0 Å². The van der Waals surface area contributed by atoms with E-state index < -0.39 is 0 Å². The highest BCUT2D eigenvalue weighted by molar-refractivity contribution is 7.98. The Morgan fingerprint density at radius 2 is 1.81 bits per heavy atom. The SMILES string of the molecule is C=C1CC2(CCCC2)CC(=O)N1N1CCN(C2NSC3C=CC=CC32)CC1. The number of nitrogens with one attached hydrogen (secondary N) is 1. The predicted molar refractivity (Wildman–Crippen MR) is 109 cm³/mol. The molecule has 2 aliphatic carbocycles. The minimum atomic E-state index is 0.229. The molecule has 3 aliphatic heterocycles. The molecule has 0 aromatic heterocycles. The fraction of sp³-hybridized carbons (Fsp3) is 0.667. The summed E-state index contributed by atoms with van der Waals surface area (Å²) >= 11 is 1.85. The van der Waals surface area contributed by atoms with Gasteiger partial charge in [0, 0.05) is 49.5 Å². The summed E-state index contributed by atoms with van der Waals surface area (Å²) in [6.45, 7) is 8.08. The van der Waals surface area contributed by atoms with Crippen molar-refractivity contribution < 1.29 is 4.79 Å². The maximum absolute atomic E-state index is 13.0. The lowest BCUT2D eigenvalue weighted by molar-refractivity contribution is -0.155. The number of allylic oxidation sites excluding steroid dienone is 3. The second kappa shape index (κ2) is 7.07. The zero-order chi connectivity index (χ0) is 18.4. The van der Waals surface area contributed by atoms with Crippen molar-refractivity contribution in [2.45, 2.75) is 49.9 Å². The predicted octanol–water partition coefficient (Wildman–Crippen LogP) is 2.90. The van der Waals surface area contributed by atoms with E-state index >= 15 is 0 Å². The van der Waals surface area contributed by atoms with E-state index in [2.05, 4.69) is 45.5 Å². The number of hydrogen-bond donors (Lipinski definition) is 1. The molecule has 0 aromatic rings. The molecule has 6 heteroatoms. The third kappa shape index (κ3) is 3.20. The maximum Gasteiger partial charge on any atom is 0.241 e. The number of nitrogens with zero attached hydrogens (tertiary/aromatic N) is 3. The summed E-state index contributed by atoms with van der Waals surface area (Å²) in [6.07, 6.45) is 16.0. The Morgan fingerprint density at radius 3 is 2.56 bits per heavy atom. The quantitative estimate of drug-likeness (QED) is 0.739. The highest BCUT2D eigenvalue weighted by Gasteiger charge is 2.45. The Bertz CT molecular complexity index is 656. The van der Waals surface area contributed by atoms with Gasteiger partial charge in [-0.25, -0.2) is 14.7 Å². The highest BCUT2D eigenvalue weighted by atomic mass is 32.2. The first-order valence-corrected chi connectivity index (χ1v) is 11.3.